The van der Waals surface area contributed by atoms with E-state index in [1.165, 1.54) is 0 Å². The second kappa shape index (κ2) is 5.79. The lowest BCUT2D eigenvalue weighted by Gasteiger charge is -2.19. The number of carbonyl (C=O) groups is 1. The maximum absolute atomic E-state index is 12.3. The van der Waals surface area contributed by atoms with Crippen LogP contribution in [0.5, 0.6) is 0 Å². The summed E-state index contributed by atoms with van der Waals surface area (Å²) in [7, 11) is 1.68. The number of hydrogen-bond acceptors (Lipinski definition) is 4. The van der Waals surface area contributed by atoms with Crippen molar-refractivity contribution in [3.63, 3.8) is 0 Å². The Bertz CT molecular complexity index is 856. The zero-order chi connectivity index (χ0) is 15.9. The average molecular weight is 404 g/mol. The third-order valence-electron chi connectivity index (χ3n) is 3.67. The van der Waals surface area contributed by atoms with E-state index in [0.29, 0.717) is 6.54 Å². The van der Waals surface area contributed by atoms with Crippen LogP contribution in [-0.4, -0.2) is 31.6 Å². The highest BCUT2D eigenvalue weighted by Crippen LogP contribution is 2.35. The number of hydrogen-bond donors (Lipinski definition) is 0. The Hall–Kier alpha value is -1.18. The Morgan fingerprint density at radius 3 is 2.82 bits per heavy atom. The van der Waals surface area contributed by atoms with E-state index in [4.69, 9.17) is 10.7 Å². The molecule has 1 aromatic carbocycles. The highest BCUT2D eigenvalue weighted by molar-refractivity contribution is 9.10. The first kappa shape index (κ1) is 15.7. The van der Waals surface area contributed by atoms with Crippen molar-refractivity contribution in [1.29, 1.82) is 0 Å². The third-order valence-corrected chi connectivity index (χ3v) is 5.61. The summed E-state index contributed by atoms with van der Waals surface area (Å²) in [5, 5.41) is 1.80. The van der Waals surface area contributed by atoms with E-state index in [2.05, 4.69) is 20.9 Å². The Morgan fingerprint density at radius 1 is 1.32 bits per heavy atom. The van der Waals surface area contributed by atoms with Crippen LogP contribution in [0.3, 0.4) is 0 Å². The molecule has 5 nitrogen and oxygen atoms in total. The number of aromatic nitrogens is 1. The fraction of sp³-hybridized carbons (Fsp3) is 0.286. The van der Waals surface area contributed by atoms with Crippen LogP contribution in [0.4, 0.5) is 5.69 Å². The van der Waals surface area contributed by atoms with Gasteiger partial charge in [0, 0.05) is 57.2 Å². The number of pyridine rings is 1. The fourth-order valence-electron chi connectivity index (χ4n) is 2.78. The second-order valence-electron chi connectivity index (χ2n) is 5.27. The molecule has 1 saturated heterocycles. The SMILES string of the molecule is O=C1CC(CS(=O)(=O)Cl)CN1c1ccc(Br)c2ccncc12. The molecule has 22 heavy (non-hydrogen) atoms. The van der Waals surface area contributed by atoms with Crippen molar-refractivity contribution in [2.75, 3.05) is 17.2 Å². The van der Waals surface area contributed by atoms with Crippen LogP contribution >= 0.6 is 26.6 Å². The van der Waals surface area contributed by atoms with E-state index >= 15 is 0 Å². The van der Waals surface area contributed by atoms with Crippen LogP contribution in [0.15, 0.2) is 35.1 Å². The van der Waals surface area contributed by atoms with E-state index in [1.807, 2.05) is 18.2 Å². The minimum atomic E-state index is -3.61. The van der Waals surface area contributed by atoms with E-state index in [9.17, 15) is 13.2 Å². The molecular formula is C14H12BrClN2O3S. The molecule has 2 aromatic rings. The predicted molar refractivity (Wildman–Crippen MR) is 89.5 cm³/mol. The van der Waals surface area contributed by atoms with Crippen molar-refractivity contribution in [2.45, 2.75) is 6.42 Å². The Kier molecular flexibility index (Phi) is 4.13. The molecule has 1 atom stereocenters. The maximum atomic E-state index is 12.3. The van der Waals surface area contributed by atoms with Gasteiger partial charge in [-0.1, -0.05) is 15.9 Å². The van der Waals surface area contributed by atoms with E-state index in [0.717, 1.165) is 20.9 Å². The molecule has 1 amide bonds. The summed E-state index contributed by atoms with van der Waals surface area (Å²) in [6.45, 7) is 0.344. The van der Waals surface area contributed by atoms with Crippen molar-refractivity contribution in [2.24, 2.45) is 5.92 Å². The zero-order valence-corrected chi connectivity index (χ0v) is 14.5. The molecule has 116 valence electrons. The van der Waals surface area contributed by atoms with Gasteiger partial charge in [0.15, 0.2) is 0 Å². The quantitative estimate of drug-likeness (QED) is 0.739. The number of benzene rings is 1. The van der Waals surface area contributed by atoms with Crippen LogP contribution in [0, 0.1) is 5.92 Å². The minimum absolute atomic E-state index is 0.0993. The van der Waals surface area contributed by atoms with Crippen LogP contribution in [0.2, 0.25) is 0 Å². The Balaban J connectivity index is 1.98. The summed E-state index contributed by atoms with van der Waals surface area (Å²) < 4.78 is 23.3. The molecular weight excluding hydrogens is 392 g/mol. The molecule has 0 bridgehead atoms. The average Bonchev–Trinajstić information content (AvgIpc) is 2.78. The summed E-state index contributed by atoms with van der Waals surface area (Å²) in [6, 6.07) is 5.57. The Labute approximate surface area is 140 Å². The van der Waals surface area contributed by atoms with Gasteiger partial charge >= 0.3 is 0 Å². The molecule has 0 N–H and O–H groups in total. The lowest BCUT2D eigenvalue weighted by atomic mass is 10.1. The number of amides is 1. The standard InChI is InChI=1S/C14H12BrClN2O3S/c15-12-1-2-13(11-6-17-4-3-10(11)12)18-7-9(5-14(18)19)8-22(16,20)21/h1-4,6,9H,5,7-8H2. The highest BCUT2D eigenvalue weighted by Gasteiger charge is 2.33. The van der Waals surface area contributed by atoms with E-state index in [1.54, 1.807) is 17.3 Å². The lowest BCUT2D eigenvalue weighted by molar-refractivity contribution is -0.117. The molecule has 2 heterocycles. The zero-order valence-electron chi connectivity index (χ0n) is 11.4. The van der Waals surface area contributed by atoms with Crippen LogP contribution in [0.25, 0.3) is 10.8 Å². The number of anilines is 1. The fourth-order valence-corrected chi connectivity index (χ4v) is 4.58. The van der Waals surface area contributed by atoms with Crippen molar-refractivity contribution < 1.29 is 13.2 Å². The van der Waals surface area contributed by atoms with Crippen LogP contribution < -0.4 is 4.90 Å². The van der Waals surface area contributed by atoms with Crippen molar-refractivity contribution in [1.82, 2.24) is 4.98 Å². The normalized spacial score (nSPS) is 19.1. The molecule has 1 unspecified atom stereocenters. The smallest absolute Gasteiger partial charge is 0.232 e. The van der Waals surface area contributed by atoms with Crippen molar-refractivity contribution in [3.8, 4) is 0 Å². The summed E-state index contributed by atoms with van der Waals surface area (Å²) >= 11 is 3.48. The van der Waals surface area contributed by atoms with Crippen molar-refractivity contribution >= 4 is 58.0 Å². The van der Waals surface area contributed by atoms with Gasteiger partial charge in [0.25, 0.3) is 0 Å². The molecule has 1 aliphatic rings. The first-order chi connectivity index (χ1) is 10.3. The largest absolute Gasteiger partial charge is 0.311 e. The van der Waals surface area contributed by atoms with E-state index in [-0.39, 0.29) is 24.0 Å². The van der Waals surface area contributed by atoms with Gasteiger partial charge < -0.3 is 4.90 Å². The summed E-state index contributed by atoms with van der Waals surface area (Å²) in [5.74, 6) is -0.577. The molecule has 1 aliphatic heterocycles. The third kappa shape index (κ3) is 3.11. The molecule has 1 fully saturated rings. The highest BCUT2D eigenvalue weighted by atomic mass is 79.9. The first-order valence-electron chi connectivity index (χ1n) is 6.60. The van der Waals surface area contributed by atoms with Gasteiger partial charge in [0.05, 0.1) is 11.4 Å². The number of rotatable bonds is 3. The lowest BCUT2D eigenvalue weighted by Crippen LogP contribution is -2.25. The van der Waals surface area contributed by atoms with Gasteiger partial charge in [-0.3, -0.25) is 9.78 Å². The summed E-state index contributed by atoms with van der Waals surface area (Å²) in [4.78, 5) is 18.0. The number of halogens is 2. The van der Waals surface area contributed by atoms with Gasteiger partial charge in [-0.15, -0.1) is 0 Å². The van der Waals surface area contributed by atoms with Gasteiger partial charge in [-0.25, -0.2) is 8.42 Å². The number of nitrogens with zero attached hydrogens (tertiary/aromatic N) is 2. The maximum Gasteiger partial charge on any atom is 0.232 e. The van der Waals surface area contributed by atoms with E-state index < -0.39 is 9.05 Å². The summed E-state index contributed by atoms with van der Waals surface area (Å²) in [5.41, 5.74) is 0.741. The van der Waals surface area contributed by atoms with Gasteiger partial charge in [0.1, 0.15) is 0 Å². The van der Waals surface area contributed by atoms with Gasteiger partial charge in [-0.2, -0.15) is 0 Å². The van der Waals surface area contributed by atoms with Crippen LogP contribution in [-0.2, 0) is 13.8 Å². The molecule has 8 heteroatoms. The second-order valence-corrected chi connectivity index (χ2v) is 8.94. The van der Waals surface area contributed by atoms with Crippen molar-refractivity contribution in [3.05, 3.63) is 35.1 Å². The molecule has 0 saturated carbocycles. The molecule has 0 aliphatic carbocycles. The number of carbonyl (C=O) groups excluding carboxylic acids is 1. The topological polar surface area (TPSA) is 67.3 Å². The number of fused-ring (bicyclic) bond motifs is 1. The first-order valence-corrected chi connectivity index (χ1v) is 9.87. The molecule has 0 radical (unpaired) electrons. The molecule has 1 aromatic heterocycles. The monoisotopic (exact) mass is 402 g/mol. The molecule has 0 spiro atoms. The van der Waals surface area contributed by atoms with Gasteiger partial charge in [0.2, 0.25) is 15.0 Å². The van der Waals surface area contributed by atoms with Gasteiger partial charge in [-0.05, 0) is 18.2 Å². The van der Waals surface area contributed by atoms with Crippen LogP contribution in [0.1, 0.15) is 6.42 Å². The predicted octanol–water partition coefficient (Wildman–Crippen LogP) is 2.92. The Morgan fingerprint density at radius 2 is 2.09 bits per heavy atom. The minimum Gasteiger partial charge on any atom is -0.311 e. The molecule has 3 rings (SSSR count). The summed E-state index contributed by atoms with van der Waals surface area (Å²) in [6.07, 6.45) is 3.57.